The summed E-state index contributed by atoms with van der Waals surface area (Å²) in [6.45, 7) is 15.9. The molecule has 4 aromatic carbocycles. The molecule has 5 aliphatic heterocycles. The summed E-state index contributed by atoms with van der Waals surface area (Å²) >= 11 is 0. The first-order valence-corrected chi connectivity index (χ1v) is 37.3. The van der Waals surface area contributed by atoms with E-state index in [1.54, 1.807) is 67.3 Å². The Bertz CT molecular complexity index is 3840. The van der Waals surface area contributed by atoms with E-state index < -0.39 is 48.0 Å². The van der Waals surface area contributed by atoms with Gasteiger partial charge in [-0.05, 0) is 79.5 Å². The Morgan fingerprint density at radius 1 is 0.633 bits per heavy atom. The van der Waals surface area contributed by atoms with Crippen molar-refractivity contribution >= 4 is 70.7 Å². The molecule has 1 fully saturated rings. The predicted octanol–water partition coefficient (Wildman–Crippen LogP) is 6.57. The number of nitrogens with one attached hydrogen (secondary N) is 2. The number of amides is 7. The molecule has 5 atom stereocenters. The van der Waals surface area contributed by atoms with Crippen molar-refractivity contribution in [2.45, 2.75) is 117 Å². The summed E-state index contributed by atoms with van der Waals surface area (Å²) < 4.78 is 68.3. The number of methoxy groups -OCH3 is 1. The van der Waals surface area contributed by atoms with Gasteiger partial charge in [0.25, 0.3) is 23.6 Å². The van der Waals surface area contributed by atoms with Gasteiger partial charge < -0.3 is 82.4 Å². The Morgan fingerprint density at radius 3 is 1.82 bits per heavy atom. The second-order valence-electron chi connectivity index (χ2n) is 27.1. The molecule has 2 unspecified atom stereocenters. The number of carbonyl (C=O) groups is 9. The van der Waals surface area contributed by atoms with Crippen LogP contribution in [0.2, 0.25) is 0 Å². The summed E-state index contributed by atoms with van der Waals surface area (Å²) in [5.41, 5.74) is 6.33. The summed E-state index contributed by atoms with van der Waals surface area (Å²) in [6.07, 6.45) is 5.24. The molecule has 7 amide bonds. The first-order chi connectivity index (χ1) is 52.8. The maximum Gasteiger partial charge on any atom is 0.416 e. The Morgan fingerprint density at radius 2 is 1.21 bits per heavy atom. The lowest BCUT2D eigenvalue weighted by atomic mass is 9.88. The predicted molar refractivity (Wildman–Crippen MR) is 399 cm³/mol. The maximum absolute atomic E-state index is 14.4. The number of aliphatic imine (C=N–C) groups is 1. The number of aliphatic hydroxyl groups excluding tert-OH is 1. The van der Waals surface area contributed by atoms with E-state index in [9.17, 15) is 48.3 Å². The molecule has 29 heteroatoms. The van der Waals surface area contributed by atoms with Gasteiger partial charge >= 0.3 is 6.09 Å². The molecule has 4 aromatic rings. The van der Waals surface area contributed by atoms with E-state index in [2.05, 4.69) is 16.7 Å². The van der Waals surface area contributed by atoms with E-state index in [0.717, 1.165) is 20.9 Å². The number of imide groups is 1. The first-order valence-electron chi connectivity index (χ1n) is 37.3. The molecule has 5 heterocycles. The molecule has 0 spiro atoms. The molecule has 1 saturated heterocycles. The van der Waals surface area contributed by atoms with Crippen molar-refractivity contribution in [3.05, 3.63) is 136 Å². The number of aryl methyl sites for hydroxylation is 1. The van der Waals surface area contributed by atoms with Crippen LogP contribution in [0.3, 0.4) is 0 Å². The summed E-state index contributed by atoms with van der Waals surface area (Å²) in [4.78, 5) is 128. The highest BCUT2D eigenvalue weighted by atomic mass is 16.6. The van der Waals surface area contributed by atoms with Gasteiger partial charge in [-0.15, -0.1) is 0 Å². The third kappa shape index (κ3) is 24.6. The first kappa shape index (κ1) is 83.7. The van der Waals surface area contributed by atoms with Crippen molar-refractivity contribution in [1.82, 2.24) is 25.3 Å². The molecule has 9 rings (SSSR count). The second-order valence-corrected chi connectivity index (χ2v) is 27.1. The van der Waals surface area contributed by atoms with Gasteiger partial charge in [0.2, 0.25) is 11.8 Å². The minimum atomic E-state index is -1.49. The number of ether oxygens (including phenoxy) is 12. The molecule has 590 valence electrons. The van der Waals surface area contributed by atoms with Crippen LogP contribution < -0.4 is 29.7 Å². The van der Waals surface area contributed by atoms with Gasteiger partial charge in [0.15, 0.2) is 23.5 Å². The van der Waals surface area contributed by atoms with Gasteiger partial charge in [-0.25, -0.2) is 9.69 Å². The third-order valence-corrected chi connectivity index (χ3v) is 19.1. The Balaban J connectivity index is 0.608. The van der Waals surface area contributed by atoms with Crippen LogP contribution >= 0.6 is 0 Å². The van der Waals surface area contributed by atoms with Crippen LogP contribution in [0.5, 0.6) is 17.2 Å². The highest BCUT2D eigenvalue weighted by molar-refractivity contribution is 6.13. The lowest BCUT2D eigenvalue weighted by Crippen LogP contribution is -2.50. The van der Waals surface area contributed by atoms with Gasteiger partial charge in [-0.3, -0.25) is 48.2 Å². The maximum atomic E-state index is 14.4. The fourth-order valence-electron chi connectivity index (χ4n) is 12.8. The average molecular weight is 1510 g/mol. The van der Waals surface area contributed by atoms with Gasteiger partial charge in [0, 0.05) is 94.7 Å². The molecule has 5 aliphatic rings. The highest BCUT2D eigenvalue weighted by Gasteiger charge is 2.47. The van der Waals surface area contributed by atoms with E-state index in [-0.39, 0.29) is 124 Å². The van der Waals surface area contributed by atoms with Crippen molar-refractivity contribution in [3.8, 4) is 17.2 Å². The lowest BCUT2D eigenvalue weighted by Gasteiger charge is -2.34. The van der Waals surface area contributed by atoms with Gasteiger partial charge in [-0.2, -0.15) is 0 Å². The van der Waals surface area contributed by atoms with Gasteiger partial charge in [0.05, 0.1) is 167 Å². The number of aliphatic hydroxyl groups is 1. The van der Waals surface area contributed by atoms with Crippen molar-refractivity contribution in [3.63, 3.8) is 0 Å². The average Bonchev–Trinajstić information content (AvgIpc) is 1.61. The van der Waals surface area contributed by atoms with Crippen LogP contribution in [0.15, 0.2) is 102 Å². The van der Waals surface area contributed by atoms with E-state index in [1.165, 1.54) is 24.8 Å². The Kier molecular flexibility index (Phi) is 33.2. The molecular weight excluding hydrogens is 1410 g/mol. The molecule has 0 bridgehead atoms. The zero-order chi connectivity index (χ0) is 77.6. The number of ketones is 2. The van der Waals surface area contributed by atoms with E-state index in [1.807, 2.05) is 56.2 Å². The minimum Gasteiger partial charge on any atom is -0.493 e. The summed E-state index contributed by atoms with van der Waals surface area (Å²) in [5.74, 6) is -2.07. The number of hydrogen-bond acceptors (Lipinski definition) is 23. The van der Waals surface area contributed by atoms with E-state index >= 15 is 0 Å². The van der Waals surface area contributed by atoms with Crippen molar-refractivity contribution < 1.29 is 105 Å². The molecule has 109 heavy (non-hydrogen) atoms. The number of Topliss-reactive ketones (excluding diaryl/α,β-unsaturated/α-hetero) is 2. The number of benzene rings is 4. The summed E-state index contributed by atoms with van der Waals surface area (Å²) in [7, 11) is 1.52. The van der Waals surface area contributed by atoms with Gasteiger partial charge in [-0.1, -0.05) is 74.0 Å². The SMILES string of the molecule is C/C=C1/C[C@H]2C(O)N(C(=O)OCc3ccc(CC(=O)[C@H](C)NC(=O)[C@@H](CC(=O)CCOCCOCCOCCOCCOCCOCCOCCOCCNC(=O)CCN4C(=O)C=CC4=O)C(C)C)cc3)c3cc(OCCCOc4cc5c(cc4OC)C(=O)N4Cc6ccccc6CC4C=N5)c(C)cc3C(=O)N2C1. The number of allylic oxidation sites excluding steroid dienone is 1. The quantitative estimate of drug-likeness (QED) is 0.0239. The van der Waals surface area contributed by atoms with Crippen molar-refractivity contribution in [2.24, 2.45) is 16.8 Å². The van der Waals surface area contributed by atoms with E-state index in [4.69, 9.17) is 61.8 Å². The zero-order valence-corrected chi connectivity index (χ0v) is 63.2. The minimum absolute atomic E-state index is 0.00826. The topological polar surface area (TPSA) is 334 Å². The van der Waals surface area contributed by atoms with Crippen molar-refractivity contribution in [2.75, 3.05) is 151 Å². The lowest BCUT2D eigenvalue weighted by molar-refractivity contribution is -0.137. The van der Waals surface area contributed by atoms with Crippen LogP contribution in [0.1, 0.15) is 108 Å². The summed E-state index contributed by atoms with van der Waals surface area (Å²) in [5, 5.41) is 17.6. The van der Waals surface area contributed by atoms with Crippen LogP contribution in [-0.4, -0.2) is 249 Å². The van der Waals surface area contributed by atoms with Crippen LogP contribution in [-0.2, 0) is 97.4 Å². The van der Waals surface area contributed by atoms with Crippen LogP contribution in [0.25, 0.3) is 0 Å². The Labute approximate surface area is 635 Å². The molecule has 0 saturated carbocycles. The number of nitrogens with zero attached hydrogens (tertiary/aromatic N) is 5. The fourth-order valence-corrected chi connectivity index (χ4v) is 12.8. The number of fused-ring (bicyclic) bond motifs is 5. The fraction of sp³-hybridized carbons (Fsp3) is 0.525. The third-order valence-electron chi connectivity index (χ3n) is 19.1. The number of rotatable bonds is 47. The molecule has 0 aromatic heterocycles. The van der Waals surface area contributed by atoms with Crippen molar-refractivity contribution in [1.29, 1.82) is 0 Å². The highest BCUT2D eigenvalue weighted by Crippen LogP contribution is 2.41. The molecule has 0 radical (unpaired) electrons. The monoisotopic (exact) mass is 1510 g/mol. The standard InChI is InChI=1S/C80H103N7O22/c1-7-56-42-68-79(96)87(67-48-70(54(4)41-65(67)78(95)86(68)50-56)107-23-10-24-108-72-47-66-64(46-71(72)98-6)77(94)85-51-60-12-9-8-11-59(60)44-61(85)49-82-66)80(97)109-52-58-15-13-57(14-16-58)43-69(89)55(5)83-76(93)63(53(2)3)45-62(88)20-25-99-27-29-101-31-33-103-35-37-105-39-40-106-38-36-104-34-32-102-30-28-100-26-21-81-73(90)19-22-84-74(91)17-18-75(84)92/h7-9,11-18,41,46-49,53,55,61,63,68,79,96H,10,19-40,42-45,50-52H2,1-6H3,(H,81,90)(H,83,93)/b56-7-/t55-,61?,63-,68-,79?/m0/s1. The van der Waals surface area contributed by atoms with E-state index in [0.29, 0.717) is 170 Å². The smallest absolute Gasteiger partial charge is 0.416 e. The second kappa shape index (κ2) is 43.2. The molecular formula is C80H103N7O22. The number of anilines is 1. The molecule has 29 nitrogen and oxygen atoms in total. The Hall–Kier alpha value is -9.30. The number of carbonyl (C=O) groups excluding carboxylic acids is 9. The zero-order valence-electron chi connectivity index (χ0n) is 63.2. The van der Waals surface area contributed by atoms with Gasteiger partial charge in [0.1, 0.15) is 18.1 Å². The summed E-state index contributed by atoms with van der Waals surface area (Å²) in [6, 6.07) is 19.8. The largest absolute Gasteiger partial charge is 0.493 e. The van der Waals surface area contributed by atoms with Crippen LogP contribution in [0, 0.1) is 18.8 Å². The molecule has 0 aliphatic carbocycles. The normalized spacial score (nSPS) is 17.4. The van der Waals surface area contributed by atoms with Crippen LogP contribution in [0.4, 0.5) is 16.2 Å². The number of hydrogen-bond donors (Lipinski definition) is 3. The molecule has 3 N–H and O–H groups in total.